The van der Waals surface area contributed by atoms with Gasteiger partial charge in [0.25, 0.3) is 5.91 Å². The van der Waals surface area contributed by atoms with Gasteiger partial charge in [0, 0.05) is 29.9 Å². The third kappa shape index (κ3) is 5.28. The predicted molar refractivity (Wildman–Crippen MR) is 142 cm³/mol. The lowest BCUT2D eigenvalue weighted by Gasteiger charge is -2.16. The van der Waals surface area contributed by atoms with Gasteiger partial charge in [-0.25, -0.2) is 4.68 Å². The number of benzene rings is 2. The van der Waals surface area contributed by atoms with Crippen molar-refractivity contribution in [2.24, 2.45) is 5.92 Å². The van der Waals surface area contributed by atoms with E-state index >= 15 is 0 Å². The number of hydrogen-bond donors (Lipinski definition) is 0. The van der Waals surface area contributed by atoms with E-state index in [1.165, 1.54) is 17.8 Å². The molecule has 1 aliphatic rings. The van der Waals surface area contributed by atoms with Gasteiger partial charge in [-0.1, -0.05) is 56.0 Å². The van der Waals surface area contributed by atoms with Crippen molar-refractivity contribution >= 4 is 46.0 Å². The second-order valence-electron chi connectivity index (χ2n) is 8.27. The van der Waals surface area contributed by atoms with Crippen LogP contribution in [0.15, 0.2) is 59.6 Å². The average molecular weight is 509 g/mol. The Balaban J connectivity index is 1.83. The number of amides is 1. The Morgan fingerprint density at radius 3 is 2.63 bits per heavy atom. The predicted octanol–water partition coefficient (Wildman–Crippen LogP) is 5.70. The summed E-state index contributed by atoms with van der Waals surface area (Å²) in [6.07, 6.45) is 3.56. The second-order valence-corrected chi connectivity index (χ2v) is 9.95. The molecule has 0 bridgehead atoms. The van der Waals surface area contributed by atoms with Crippen molar-refractivity contribution in [3.05, 3.63) is 75.3 Å². The smallest absolute Gasteiger partial charge is 0.311 e. The summed E-state index contributed by atoms with van der Waals surface area (Å²) >= 11 is 6.69. The molecule has 1 aliphatic heterocycles. The highest BCUT2D eigenvalue weighted by Gasteiger charge is 2.32. The molecule has 0 spiro atoms. The van der Waals surface area contributed by atoms with E-state index in [0.29, 0.717) is 39.2 Å². The van der Waals surface area contributed by atoms with Crippen molar-refractivity contribution in [3.8, 4) is 22.7 Å². The normalized spacial score (nSPS) is 14.9. The van der Waals surface area contributed by atoms with E-state index < -0.39 is 4.92 Å². The first-order chi connectivity index (χ1) is 16.8. The van der Waals surface area contributed by atoms with Gasteiger partial charge in [0.15, 0.2) is 5.75 Å². The van der Waals surface area contributed by atoms with E-state index in [1.54, 1.807) is 34.7 Å². The zero-order valence-electron chi connectivity index (χ0n) is 19.5. The fraction of sp³-hybridized carbons (Fsp3) is 0.240. The Morgan fingerprint density at radius 2 is 1.97 bits per heavy atom. The number of rotatable bonds is 8. The number of nitro benzene ring substituents is 1. The van der Waals surface area contributed by atoms with Crippen LogP contribution < -0.4 is 4.74 Å². The van der Waals surface area contributed by atoms with Crippen LogP contribution in [0.25, 0.3) is 23.0 Å². The highest BCUT2D eigenvalue weighted by molar-refractivity contribution is 8.26. The molecule has 0 unspecified atom stereocenters. The van der Waals surface area contributed by atoms with Gasteiger partial charge in [-0.3, -0.25) is 19.8 Å². The van der Waals surface area contributed by atoms with Crippen LogP contribution in [0.2, 0.25) is 0 Å². The molecule has 1 saturated heterocycles. The van der Waals surface area contributed by atoms with Crippen LogP contribution in [0.5, 0.6) is 5.75 Å². The molecule has 4 rings (SSSR count). The molecule has 1 aromatic heterocycles. The number of nitrogens with zero attached hydrogens (tertiary/aromatic N) is 4. The SMILES string of the molecule is CCOc1ccc(-c2nn(-c3ccccc3)cc2/C=C2/SC(=S)N(CC(C)C)C2=O)cc1[N+](=O)[O-]. The van der Waals surface area contributed by atoms with Gasteiger partial charge in [-0.05, 0) is 43.2 Å². The van der Waals surface area contributed by atoms with E-state index in [9.17, 15) is 14.9 Å². The molecular weight excluding hydrogens is 484 g/mol. The molecule has 10 heteroatoms. The average Bonchev–Trinajstić information content (AvgIpc) is 3.36. The second kappa shape index (κ2) is 10.4. The van der Waals surface area contributed by atoms with Crippen LogP contribution in [-0.2, 0) is 4.79 Å². The summed E-state index contributed by atoms with van der Waals surface area (Å²) in [6.45, 7) is 6.69. The molecule has 0 N–H and O–H groups in total. The molecule has 1 fully saturated rings. The number of nitro groups is 1. The minimum Gasteiger partial charge on any atom is -0.487 e. The lowest BCUT2D eigenvalue weighted by atomic mass is 10.1. The van der Waals surface area contributed by atoms with Gasteiger partial charge in [0.1, 0.15) is 10.0 Å². The molecule has 3 aromatic rings. The third-order valence-electron chi connectivity index (χ3n) is 5.20. The van der Waals surface area contributed by atoms with Crippen molar-refractivity contribution in [3.63, 3.8) is 0 Å². The fourth-order valence-corrected chi connectivity index (χ4v) is 4.94. The highest BCUT2D eigenvalue weighted by atomic mass is 32.2. The Morgan fingerprint density at radius 1 is 1.23 bits per heavy atom. The standard InChI is InChI=1S/C25H24N4O4S2/c1-4-33-21-11-10-17(12-20(21)29(31)32)23-18(15-28(26-23)19-8-6-5-7-9-19)13-22-24(30)27(14-16(2)3)25(34)35-22/h5-13,15-16H,4,14H2,1-3H3/b22-13+. The van der Waals surface area contributed by atoms with E-state index in [1.807, 2.05) is 50.4 Å². The number of thioether (sulfide) groups is 1. The zero-order chi connectivity index (χ0) is 25.1. The van der Waals surface area contributed by atoms with Crippen LogP contribution in [0.3, 0.4) is 0 Å². The summed E-state index contributed by atoms with van der Waals surface area (Å²) in [5.41, 5.74) is 2.37. The van der Waals surface area contributed by atoms with Gasteiger partial charge < -0.3 is 4.74 Å². The maximum Gasteiger partial charge on any atom is 0.311 e. The number of carbonyl (C=O) groups is 1. The summed E-state index contributed by atoms with van der Waals surface area (Å²) in [6, 6.07) is 14.3. The van der Waals surface area contributed by atoms with Crippen molar-refractivity contribution in [1.82, 2.24) is 14.7 Å². The maximum absolute atomic E-state index is 13.1. The first-order valence-electron chi connectivity index (χ1n) is 11.1. The van der Waals surface area contributed by atoms with E-state index in [4.69, 9.17) is 22.1 Å². The van der Waals surface area contributed by atoms with Gasteiger partial charge in [0.05, 0.1) is 22.1 Å². The van der Waals surface area contributed by atoms with E-state index in [-0.39, 0.29) is 23.3 Å². The molecule has 1 amide bonds. The summed E-state index contributed by atoms with van der Waals surface area (Å²) < 4.78 is 7.63. The van der Waals surface area contributed by atoms with Crippen molar-refractivity contribution in [2.75, 3.05) is 13.2 Å². The van der Waals surface area contributed by atoms with Crippen molar-refractivity contribution in [1.29, 1.82) is 0 Å². The summed E-state index contributed by atoms with van der Waals surface area (Å²) in [7, 11) is 0. The monoisotopic (exact) mass is 508 g/mol. The van der Waals surface area contributed by atoms with Crippen molar-refractivity contribution in [2.45, 2.75) is 20.8 Å². The molecule has 2 aromatic carbocycles. The number of aromatic nitrogens is 2. The lowest BCUT2D eigenvalue weighted by Crippen LogP contribution is -2.31. The number of hydrogen-bond acceptors (Lipinski definition) is 7. The maximum atomic E-state index is 13.1. The van der Waals surface area contributed by atoms with Gasteiger partial charge in [0.2, 0.25) is 0 Å². The minimum atomic E-state index is -0.473. The molecule has 0 aliphatic carbocycles. The van der Waals surface area contributed by atoms with Crippen LogP contribution >= 0.6 is 24.0 Å². The molecule has 180 valence electrons. The summed E-state index contributed by atoms with van der Waals surface area (Å²) in [4.78, 5) is 26.4. The highest BCUT2D eigenvalue weighted by Crippen LogP contribution is 2.37. The molecule has 35 heavy (non-hydrogen) atoms. The third-order valence-corrected chi connectivity index (χ3v) is 6.58. The van der Waals surface area contributed by atoms with Gasteiger partial charge in [-0.2, -0.15) is 5.10 Å². The number of ether oxygens (including phenoxy) is 1. The number of para-hydroxylation sites is 1. The zero-order valence-corrected chi connectivity index (χ0v) is 21.1. The molecule has 0 atom stereocenters. The van der Waals surface area contributed by atoms with E-state index in [2.05, 4.69) is 0 Å². The topological polar surface area (TPSA) is 90.5 Å². The molecule has 0 radical (unpaired) electrons. The van der Waals surface area contributed by atoms with Crippen LogP contribution in [0, 0.1) is 16.0 Å². The summed E-state index contributed by atoms with van der Waals surface area (Å²) in [5.74, 6) is 0.322. The Kier molecular flexibility index (Phi) is 7.32. The first-order valence-corrected chi connectivity index (χ1v) is 12.3. The minimum absolute atomic E-state index is 0.146. The Hall–Kier alpha value is -3.50. The van der Waals surface area contributed by atoms with Gasteiger partial charge in [-0.15, -0.1) is 0 Å². The molecule has 8 nitrogen and oxygen atoms in total. The van der Waals surface area contributed by atoms with Crippen molar-refractivity contribution < 1.29 is 14.5 Å². The fourth-order valence-electron chi connectivity index (χ4n) is 3.68. The Bertz CT molecular complexity index is 1320. The van der Waals surface area contributed by atoms with Crippen LogP contribution in [0.1, 0.15) is 26.3 Å². The Labute approximate surface area is 212 Å². The quantitative estimate of drug-likeness (QED) is 0.167. The summed E-state index contributed by atoms with van der Waals surface area (Å²) in [5, 5.41) is 16.4. The number of thiocarbonyl (C=S) groups is 1. The van der Waals surface area contributed by atoms with Crippen LogP contribution in [0.4, 0.5) is 5.69 Å². The first kappa shape index (κ1) is 24.6. The van der Waals surface area contributed by atoms with Gasteiger partial charge >= 0.3 is 5.69 Å². The number of carbonyl (C=O) groups excluding carboxylic acids is 1. The largest absolute Gasteiger partial charge is 0.487 e. The molecular formula is C25H24N4O4S2. The molecule has 0 saturated carbocycles. The van der Waals surface area contributed by atoms with Crippen LogP contribution in [-0.4, -0.2) is 43.0 Å². The van der Waals surface area contributed by atoms with E-state index in [0.717, 1.165) is 5.69 Å². The lowest BCUT2D eigenvalue weighted by molar-refractivity contribution is -0.385. The molecule has 2 heterocycles.